The molecule has 2 atom stereocenters. The lowest BCUT2D eigenvalue weighted by atomic mass is 9.84. The van der Waals surface area contributed by atoms with E-state index in [0.717, 1.165) is 24.0 Å². The molecular weight excluding hydrogens is 314 g/mol. The molecule has 4 rings (SSSR count). The van der Waals surface area contributed by atoms with Crippen LogP contribution in [-0.2, 0) is 4.74 Å². The van der Waals surface area contributed by atoms with E-state index in [1.807, 2.05) is 43.3 Å². The number of Topliss-reactive ketones (excluding diaryl/α,β-unsaturated/α-hetero) is 1. The molecule has 126 valence electrons. The van der Waals surface area contributed by atoms with Crippen LogP contribution in [0.3, 0.4) is 0 Å². The van der Waals surface area contributed by atoms with Crippen molar-refractivity contribution in [1.82, 2.24) is 0 Å². The summed E-state index contributed by atoms with van der Waals surface area (Å²) in [7, 11) is 0. The van der Waals surface area contributed by atoms with Gasteiger partial charge in [-0.2, -0.15) is 5.26 Å². The zero-order chi connectivity index (χ0) is 17.4. The number of hydrogen-bond acceptors (Lipinski definition) is 4. The number of ketones is 1. The molecule has 1 fully saturated rings. The third-order valence-corrected chi connectivity index (χ3v) is 5.05. The minimum Gasteiger partial charge on any atom is -0.484 e. The molecule has 0 radical (unpaired) electrons. The third-order valence-electron chi connectivity index (χ3n) is 5.05. The zero-order valence-electron chi connectivity index (χ0n) is 14.1. The third kappa shape index (κ3) is 2.92. The topological polar surface area (TPSA) is 59.3 Å². The number of benzene rings is 2. The normalized spacial score (nSPS) is 25.1. The molecule has 25 heavy (non-hydrogen) atoms. The molecule has 0 saturated carbocycles. The summed E-state index contributed by atoms with van der Waals surface area (Å²) in [6.07, 6.45) is 2.32. The van der Waals surface area contributed by atoms with Crippen molar-refractivity contribution in [2.75, 3.05) is 6.61 Å². The van der Waals surface area contributed by atoms with E-state index >= 15 is 0 Å². The molecule has 2 aliphatic heterocycles. The van der Waals surface area contributed by atoms with Crippen molar-refractivity contribution < 1.29 is 14.3 Å². The summed E-state index contributed by atoms with van der Waals surface area (Å²) in [5.41, 5.74) is 2.54. The van der Waals surface area contributed by atoms with Crippen molar-refractivity contribution in [2.45, 2.75) is 37.9 Å². The van der Waals surface area contributed by atoms with Gasteiger partial charge < -0.3 is 9.47 Å². The number of nitrogens with zero attached hydrogens (tertiary/aromatic N) is 1. The summed E-state index contributed by atoms with van der Waals surface area (Å²) in [6, 6.07) is 15.2. The monoisotopic (exact) mass is 333 g/mol. The number of hydrogen-bond donors (Lipinski definition) is 0. The molecule has 0 aliphatic carbocycles. The summed E-state index contributed by atoms with van der Waals surface area (Å²) in [5.74, 6) is 0.729. The highest BCUT2D eigenvalue weighted by Gasteiger charge is 2.43. The van der Waals surface area contributed by atoms with Gasteiger partial charge in [-0.05, 0) is 55.2 Å². The number of ether oxygens (including phenoxy) is 2. The van der Waals surface area contributed by atoms with Crippen LogP contribution in [0.25, 0.3) is 11.1 Å². The van der Waals surface area contributed by atoms with Crippen LogP contribution >= 0.6 is 0 Å². The van der Waals surface area contributed by atoms with E-state index < -0.39 is 5.60 Å². The van der Waals surface area contributed by atoms with Crippen LogP contribution < -0.4 is 4.74 Å². The highest BCUT2D eigenvalue weighted by Crippen LogP contribution is 2.40. The second-order valence-corrected chi connectivity index (χ2v) is 6.95. The fourth-order valence-corrected chi connectivity index (χ4v) is 3.58. The maximum atomic E-state index is 12.8. The van der Waals surface area contributed by atoms with Gasteiger partial charge in [-0.15, -0.1) is 0 Å². The summed E-state index contributed by atoms with van der Waals surface area (Å²) < 4.78 is 12.0. The lowest BCUT2D eigenvalue weighted by Gasteiger charge is -2.42. The molecule has 1 saturated heterocycles. The largest absolute Gasteiger partial charge is 0.484 e. The highest BCUT2D eigenvalue weighted by molar-refractivity contribution is 6.01. The number of fused-ring (bicyclic) bond motifs is 1. The second-order valence-electron chi connectivity index (χ2n) is 6.95. The van der Waals surface area contributed by atoms with Gasteiger partial charge in [-0.3, -0.25) is 4.79 Å². The lowest BCUT2D eigenvalue weighted by Crippen LogP contribution is -2.49. The first kappa shape index (κ1) is 15.9. The number of rotatable bonds is 1. The van der Waals surface area contributed by atoms with E-state index in [1.165, 1.54) is 0 Å². The van der Waals surface area contributed by atoms with Crippen molar-refractivity contribution >= 4 is 5.78 Å². The van der Waals surface area contributed by atoms with E-state index in [4.69, 9.17) is 14.7 Å². The van der Waals surface area contributed by atoms with Crippen molar-refractivity contribution in [3.8, 4) is 22.9 Å². The predicted octanol–water partition coefficient (Wildman–Crippen LogP) is 4.13. The Hall–Kier alpha value is -2.64. The summed E-state index contributed by atoms with van der Waals surface area (Å²) in [4.78, 5) is 12.8. The van der Waals surface area contributed by atoms with Crippen LogP contribution in [0.15, 0.2) is 42.5 Å². The van der Waals surface area contributed by atoms with Crippen LogP contribution in [-0.4, -0.2) is 24.1 Å². The Morgan fingerprint density at radius 2 is 2.04 bits per heavy atom. The Balaban J connectivity index is 1.67. The van der Waals surface area contributed by atoms with Gasteiger partial charge in [0.05, 0.1) is 36.3 Å². The van der Waals surface area contributed by atoms with Gasteiger partial charge in [0.15, 0.2) is 5.78 Å². The average Bonchev–Trinajstić information content (AvgIpc) is 2.64. The Bertz CT molecular complexity index is 873. The van der Waals surface area contributed by atoms with Gasteiger partial charge in [-0.25, -0.2) is 0 Å². The molecule has 2 aromatic carbocycles. The highest BCUT2D eigenvalue weighted by atomic mass is 16.6. The van der Waals surface area contributed by atoms with Crippen LogP contribution in [0.5, 0.6) is 5.75 Å². The standard InChI is InChI=1S/C21H19NO3/c1-14-7-8-21(13-24-14)11-19(23)18-10-17(5-6-20(18)25-21)16-4-2-3-15(9-16)12-22/h2-6,9-10,14H,7-8,11,13H2,1H3/t14-,21-/m1/s1. The number of nitriles is 1. The minimum absolute atomic E-state index is 0.0951. The first-order chi connectivity index (χ1) is 12.1. The number of carbonyl (C=O) groups excluding carboxylic acids is 1. The first-order valence-corrected chi connectivity index (χ1v) is 8.57. The van der Waals surface area contributed by atoms with Crippen molar-refractivity contribution in [2.24, 2.45) is 0 Å². The van der Waals surface area contributed by atoms with Crippen LogP contribution in [0.1, 0.15) is 42.1 Å². The van der Waals surface area contributed by atoms with Gasteiger partial charge in [0.1, 0.15) is 11.4 Å². The molecule has 0 unspecified atom stereocenters. The molecule has 0 aromatic heterocycles. The second kappa shape index (κ2) is 6.02. The van der Waals surface area contributed by atoms with Gasteiger partial charge >= 0.3 is 0 Å². The van der Waals surface area contributed by atoms with Crippen molar-refractivity contribution in [1.29, 1.82) is 5.26 Å². The number of carbonyl (C=O) groups is 1. The average molecular weight is 333 g/mol. The Kier molecular flexibility index (Phi) is 3.82. The molecule has 4 heteroatoms. The van der Waals surface area contributed by atoms with E-state index in [-0.39, 0.29) is 11.9 Å². The van der Waals surface area contributed by atoms with Gasteiger partial charge in [-0.1, -0.05) is 18.2 Å². The zero-order valence-corrected chi connectivity index (χ0v) is 14.1. The maximum Gasteiger partial charge on any atom is 0.170 e. The first-order valence-electron chi connectivity index (χ1n) is 8.57. The molecule has 4 nitrogen and oxygen atoms in total. The Morgan fingerprint density at radius 1 is 1.20 bits per heavy atom. The lowest BCUT2D eigenvalue weighted by molar-refractivity contribution is -0.101. The van der Waals surface area contributed by atoms with E-state index in [0.29, 0.717) is 29.9 Å². The van der Waals surface area contributed by atoms with E-state index in [1.54, 1.807) is 6.07 Å². The van der Waals surface area contributed by atoms with Crippen molar-refractivity contribution in [3.05, 3.63) is 53.6 Å². The van der Waals surface area contributed by atoms with E-state index in [2.05, 4.69) is 6.07 Å². The SMILES string of the molecule is C[C@@H]1CC[C@]2(CO1)CC(=O)c1cc(-c3cccc(C#N)c3)ccc1O2. The molecular formula is C21H19NO3. The summed E-state index contributed by atoms with van der Waals surface area (Å²) in [6.45, 7) is 2.51. The molecule has 2 aromatic rings. The fraction of sp³-hybridized carbons (Fsp3) is 0.333. The summed E-state index contributed by atoms with van der Waals surface area (Å²) in [5, 5.41) is 9.07. The molecule has 0 N–H and O–H groups in total. The minimum atomic E-state index is -0.515. The van der Waals surface area contributed by atoms with Crippen molar-refractivity contribution in [3.63, 3.8) is 0 Å². The van der Waals surface area contributed by atoms with E-state index in [9.17, 15) is 4.79 Å². The fourth-order valence-electron chi connectivity index (χ4n) is 3.58. The quantitative estimate of drug-likeness (QED) is 0.787. The Morgan fingerprint density at radius 3 is 2.80 bits per heavy atom. The molecule has 2 heterocycles. The molecule has 0 amide bonds. The van der Waals surface area contributed by atoms with Crippen LogP contribution in [0.4, 0.5) is 0 Å². The van der Waals surface area contributed by atoms with Gasteiger partial charge in [0.25, 0.3) is 0 Å². The summed E-state index contributed by atoms with van der Waals surface area (Å²) >= 11 is 0. The van der Waals surface area contributed by atoms with Crippen LogP contribution in [0.2, 0.25) is 0 Å². The molecule has 1 spiro atoms. The van der Waals surface area contributed by atoms with Gasteiger partial charge in [0.2, 0.25) is 0 Å². The predicted molar refractivity (Wildman–Crippen MR) is 93.5 cm³/mol. The van der Waals surface area contributed by atoms with Crippen LogP contribution in [0, 0.1) is 11.3 Å². The Labute approximate surface area is 147 Å². The molecule has 0 bridgehead atoms. The maximum absolute atomic E-state index is 12.8. The smallest absolute Gasteiger partial charge is 0.170 e. The van der Waals surface area contributed by atoms with Gasteiger partial charge in [0, 0.05) is 0 Å². The molecule has 2 aliphatic rings.